The van der Waals surface area contributed by atoms with Crippen LogP contribution >= 0.6 is 0 Å². The van der Waals surface area contributed by atoms with E-state index in [1.165, 1.54) is 32.4 Å². The van der Waals surface area contributed by atoms with E-state index in [1.807, 2.05) is 0 Å². The number of rotatable bonds is 7. The number of hydrogen-bond donors (Lipinski definition) is 1. The maximum atomic E-state index is 13.1. The lowest BCUT2D eigenvalue weighted by Crippen LogP contribution is -2.26. The average Bonchev–Trinajstić information content (AvgIpc) is 2.71. The number of hydrogen-bond acceptors (Lipinski definition) is 4. The Bertz CT molecular complexity index is 947. The Hall–Kier alpha value is -3.47. The fraction of sp³-hybridized carbons (Fsp3) is 0.238. The maximum Gasteiger partial charge on any atom is 0.416 e. The quantitative estimate of drug-likeness (QED) is 0.560. The van der Waals surface area contributed by atoms with E-state index in [4.69, 9.17) is 9.47 Å². The number of ether oxygens (including phenoxy) is 2. The van der Waals surface area contributed by atoms with E-state index in [0.717, 1.165) is 17.7 Å². The van der Waals surface area contributed by atoms with E-state index in [1.54, 1.807) is 24.3 Å². The molecule has 1 N–H and O–H groups in total. The van der Waals surface area contributed by atoms with Gasteiger partial charge in [-0.2, -0.15) is 18.4 Å². The van der Waals surface area contributed by atoms with Crippen LogP contribution in [0.15, 0.2) is 48.0 Å². The number of amides is 1. The Kier molecular flexibility index (Phi) is 7.26. The van der Waals surface area contributed by atoms with Crippen molar-refractivity contribution in [2.75, 3.05) is 20.8 Å². The van der Waals surface area contributed by atoms with Gasteiger partial charge >= 0.3 is 6.18 Å². The first-order valence-electron chi connectivity index (χ1n) is 8.57. The molecule has 0 aliphatic heterocycles. The van der Waals surface area contributed by atoms with Gasteiger partial charge in [-0.1, -0.05) is 24.3 Å². The lowest BCUT2D eigenvalue weighted by molar-refractivity contribution is -0.137. The molecule has 2 aromatic rings. The van der Waals surface area contributed by atoms with Crippen LogP contribution in [0.1, 0.15) is 16.7 Å². The highest BCUT2D eigenvalue weighted by Gasteiger charge is 2.32. The number of carbonyl (C=O) groups is 1. The zero-order valence-corrected chi connectivity index (χ0v) is 15.8. The number of nitrogens with one attached hydrogen (secondary N) is 1. The molecule has 0 aliphatic rings. The zero-order valence-electron chi connectivity index (χ0n) is 15.8. The number of halogens is 3. The van der Waals surface area contributed by atoms with Crippen molar-refractivity contribution in [3.63, 3.8) is 0 Å². The third kappa shape index (κ3) is 5.75. The molecule has 0 saturated carbocycles. The third-order valence-corrected chi connectivity index (χ3v) is 4.08. The van der Waals surface area contributed by atoms with Crippen LogP contribution in [0.3, 0.4) is 0 Å². The Labute approximate surface area is 166 Å². The molecule has 152 valence electrons. The molecule has 0 spiro atoms. The molecule has 5 nitrogen and oxygen atoms in total. The average molecular weight is 404 g/mol. The standard InChI is InChI=1S/C21H19F3N2O3/c1-28-18-8-7-14(11-19(18)29-2)9-10-26-20(27)16(13-25)12-15-5-3-4-6-17(15)21(22,23)24/h3-8,11-12H,9-10H2,1-2H3,(H,26,27). The summed E-state index contributed by atoms with van der Waals surface area (Å²) in [6.07, 6.45) is -3.21. The van der Waals surface area contributed by atoms with Crippen molar-refractivity contribution in [2.24, 2.45) is 0 Å². The van der Waals surface area contributed by atoms with Crippen LogP contribution in [0.5, 0.6) is 11.5 Å². The highest BCUT2D eigenvalue weighted by atomic mass is 19.4. The molecular formula is C21H19F3N2O3. The summed E-state index contributed by atoms with van der Waals surface area (Å²) in [5.74, 6) is 0.362. The molecule has 0 fully saturated rings. The second-order valence-corrected chi connectivity index (χ2v) is 5.95. The molecule has 0 radical (unpaired) electrons. The summed E-state index contributed by atoms with van der Waals surface area (Å²) < 4.78 is 49.6. The van der Waals surface area contributed by atoms with Crippen LogP contribution in [0, 0.1) is 11.3 Å². The van der Waals surface area contributed by atoms with E-state index in [-0.39, 0.29) is 12.1 Å². The molecule has 8 heteroatoms. The van der Waals surface area contributed by atoms with Crippen LogP contribution in [-0.4, -0.2) is 26.7 Å². The Morgan fingerprint density at radius 3 is 2.45 bits per heavy atom. The summed E-state index contributed by atoms with van der Waals surface area (Å²) in [6.45, 7) is 0.189. The molecule has 0 aliphatic carbocycles. The van der Waals surface area contributed by atoms with Gasteiger partial charge < -0.3 is 14.8 Å². The van der Waals surface area contributed by atoms with Gasteiger partial charge in [-0.3, -0.25) is 4.79 Å². The van der Waals surface area contributed by atoms with Crippen molar-refractivity contribution in [1.29, 1.82) is 5.26 Å². The number of nitrogens with zero attached hydrogens (tertiary/aromatic N) is 1. The summed E-state index contributed by atoms with van der Waals surface area (Å²) >= 11 is 0. The van der Waals surface area contributed by atoms with Crippen molar-refractivity contribution in [3.05, 3.63) is 64.7 Å². The second-order valence-electron chi connectivity index (χ2n) is 5.95. The van der Waals surface area contributed by atoms with Crippen molar-refractivity contribution >= 4 is 12.0 Å². The van der Waals surface area contributed by atoms with Gasteiger partial charge in [0.05, 0.1) is 19.8 Å². The van der Waals surface area contributed by atoms with Gasteiger partial charge in [-0.25, -0.2) is 0 Å². The minimum atomic E-state index is -4.59. The maximum absolute atomic E-state index is 13.1. The lowest BCUT2D eigenvalue weighted by atomic mass is 10.0. The van der Waals surface area contributed by atoms with Crippen molar-refractivity contribution in [3.8, 4) is 17.6 Å². The number of nitriles is 1. The SMILES string of the molecule is COc1ccc(CCNC(=O)C(C#N)=Cc2ccccc2C(F)(F)F)cc1OC. The van der Waals surface area contributed by atoms with E-state index in [9.17, 15) is 23.2 Å². The van der Waals surface area contributed by atoms with E-state index in [2.05, 4.69) is 5.32 Å². The fourth-order valence-electron chi connectivity index (χ4n) is 2.64. The molecule has 0 saturated heterocycles. The topological polar surface area (TPSA) is 71.3 Å². The summed E-state index contributed by atoms with van der Waals surface area (Å²) in [5, 5.41) is 11.7. The fourth-order valence-corrected chi connectivity index (χ4v) is 2.64. The van der Waals surface area contributed by atoms with Gasteiger partial charge in [0.2, 0.25) is 0 Å². The van der Waals surface area contributed by atoms with Gasteiger partial charge in [0.1, 0.15) is 11.6 Å². The third-order valence-electron chi connectivity index (χ3n) is 4.08. The van der Waals surface area contributed by atoms with Crippen molar-refractivity contribution in [1.82, 2.24) is 5.32 Å². The van der Waals surface area contributed by atoms with Crippen LogP contribution < -0.4 is 14.8 Å². The van der Waals surface area contributed by atoms with Gasteiger partial charge in [0.15, 0.2) is 11.5 Å². The van der Waals surface area contributed by atoms with Gasteiger partial charge in [-0.15, -0.1) is 0 Å². The first-order chi connectivity index (χ1) is 13.8. The van der Waals surface area contributed by atoms with E-state index >= 15 is 0 Å². The number of methoxy groups -OCH3 is 2. The number of alkyl halides is 3. The predicted octanol–water partition coefficient (Wildman–Crippen LogP) is 3.99. The highest BCUT2D eigenvalue weighted by Crippen LogP contribution is 2.32. The first-order valence-corrected chi connectivity index (χ1v) is 8.57. The molecule has 2 aromatic carbocycles. The monoisotopic (exact) mass is 404 g/mol. The summed E-state index contributed by atoms with van der Waals surface area (Å²) in [4.78, 5) is 12.2. The number of carbonyl (C=O) groups excluding carboxylic acids is 1. The summed E-state index contributed by atoms with van der Waals surface area (Å²) in [6, 6.07) is 11.7. The lowest BCUT2D eigenvalue weighted by Gasteiger charge is -2.11. The zero-order chi connectivity index (χ0) is 21.4. The molecule has 0 aromatic heterocycles. The van der Waals surface area contributed by atoms with Crippen LogP contribution in [0.2, 0.25) is 0 Å². The van der Waals surface area contributed by atoms with Gasteiger partial charge in [0.25, 0.3) is 5.91 Å². The van der Waals surface area contributed by atoms with E-state index < -0.39 is 23.2 Å². The highest BCUT2D eigenvalue weighted by molar-refractivity contribution is 6.01. The molecule has 2 rings (SSSR count). The summed E-state index contributed by atoms with van der Waals surface area (Å²) in [5.41, 5.74) is -0.709. The largest absolute Gasteiger partial charge is 0.493 e. The number of benzene rings is 2. The van der Waals surface area contributed by atoms with Crippen LogP contribution in [0.4, 0.5) is 13.2 Å². The normalized spacial score (nSPS) is 11.5. The van der Waals surface area contributed by atoms with E-state index in [0.29, 0.717) is 17.9 Å². The Morgan fingerprint density at radius 1 is 1.14 bits per heavy atom. The molecule has 0 bridgehead atoms. The summed E-state index contributed by atoms with van der Waals surface area (Å²) in [7, 11) is 3.02. The minimum Gasteiger partial charge on any atom is -0.493 e. The predicted molar refractivity (Wildman–Crippen MR) is 101 cm³/mol. The smallest absolute Gasteiger partial charge is 0.416 e. The molecular weight excluding hydrogens is 385 g/mol. The van der Waals surface area contributed by atoms with Crippen molar-refractivity contribution in [2.45, 2.75) is 12.6 Å². The molecule has 0 unspecified atom stereocenters. The Morgan fingerprint density at radius 2 is 1.83 bits per heavy atom. The minimum absolute atomic E-state index is 0.189. The van der Waals surface area contributed by atoms with Crippen molar-refractivity contribution < 1.29 is 27.4 Å². The van der Waals surface area contributed by atoms with Gasteiger partial charge in [-0.05, 0) is 41.8 Å². The molecule has 29 heavy (non-hydrogen) atoms. The first kappa shape index (κ1) is 21.8. The Balaban J connectivity index is 2.08. The van der Waals surface area contributed by atoms with Crippen LogP contribution in [-0.2, 0) is 17.4 Å². The second kappa shape index (κ2) is 9.64. The molecule has 0 heterocycles. The molecule has 1 amide bonds. The van der Waals surface area contributed by atoms with Crippen LogP contribution in [0.25, 0.3) is 6.08 Å². The van der Waals surface area contributed by atoms with Gasteiger partial charge in [0, 0.05) is 6.54 Å². The molecule has 0 atom stereocenters.